The molecule has 2 aliphatic rings. The van der Waals surface area contributed by atoms with Gasteiger partial charge in [0.2, 0.25) is 10.0 Å². The van der Waals surface area contributed by atoms with Gasteiger partial charge in [0.15, 0.2) is 0 Å². The summed E-state index contributed by atoms with van der Waals surface area (Å²) < 4.78 is 32.5. The molecule has 2 aliphatic heterocycles. The summed E-state index contributed by atoms with van der Waals surface area (Å²) in [6.07, 6.45) is 1.11. The largest absolute Gasteiger partial charge is 0.481 e. The third-order valence-electron chi connectivity index (χ3n) is 4.76. The summed E-state index contributed by atoms with van der Waals surface area (Å²) in [7, 11) is -3.82. The van der Waals surface area contributed by atoms with Crippen LogP contribution in [0.3, 0.4) is 0 Å². The Hall–Kier alpha value is -1.97. The van der Waals surface area contributed by atoms with Gasteiger partial charge in [-0.2, -0.15) is 4.31 Å². The Balaban J connectivity index is 1.89. The first-order valence-corrected chi connectivity index (χ1v) is 10.0. The van der Waals surface area contributed by atoms with Gasteiger partial charge in [-0.3, -0.25) is 9.59 Å². The fourth-order valence-electron chi connectivity index (χ4n) is 3.33. The number of carboxylic acids is 1. The van der Waals surface area contributed by atoms with Gasteiger partial charge in [-0.25, -0.2) is 8.42 Å². The number of carbonyl (C=O) groups excluding carboxylic acids is 1. The highest BCUT2D eigenvalue weighted by Gasteiger charge is 2.33. The minimum atomic E-state index is -3.82. The maximum absolute atomic E-state index is 13.0. The minimum Gasteiger partial charge on any atom is -0.481 e. The molecule has 0 saturated carbocycles. The molecule has 0 aliphatic carbocycles. The summed E-state index contributed by atoms with van der Waals surface area (Å²) in [5.74, 6) is -1.99. The highest BCUT2D eigenvalue weighted by Crippen LogP contribution is 2.25. The monoisotopic (exact) mass is 382 g/mol. The Morgan fingerprint density at radius 1 is 1.12 bits per heavy atom. The molecule has 3 rings (SSSR count). The van der Waals surface area contributed by atoms with Crippen LogP contribution in [0.4, 0.5) is 0 Å². The molecular weight excluding hydrogens is 360 g/mol. The number of rotatable bonds is 4. The standard InChI is InChI=1S/C17H22N2O6S/c20-16(18-7-3-4-13(12-18)17(21)22)14-5-1-2-6-15(14)26(23,24)19-8-10-25-11-9-19/h1-2,5-6,13H,3-4,7-12H2,(H,21,22). The van der Waals surface area contributed by atoms with Crippen LogP contribution in [0.1, 0.15) is 23.2 Å². The third kappa shape index (κ3) is 3.74. The second kappa shape index (κ2) is 7.73. The van der Waals surface area contributed by atoms with Crippen molar-refractivity contribution in [2.75, 3.05) is 39.4 Å². The number of hydrogen-bond donors (Lipinski definition) is 1. The molecular formula is C17H22N2O6S. The molecule has 2 fully saturated rings. The lowest BCUT2D eigenvalue weighted by molar-refractivity contribution is -0.143. The maximum Gasteiger partial charge on any atom is 0.308 e. The van der Waals surface area contributed by atoms with Crippen LogP contribution in [0, 0.1) is 5.92 Å². The zero-order valence-corrected chi connectivity index (χ0v) is 15.2. The molecule has 1 N–H and O–H groups in total. The second-order valence-electron chi connectivity index (χ2n) is 6.44. The number of carboxylic acid groups (broad SMARTS) is 1. The number of likely N-dealkylation sites (tertiary alicyclic amines) is 1. The van der Waals surface area contributed by atoms with Crippen molar-refractivity contribution in [3.8, 4) is 0 Å². The number of amides is 1. The van der Waals surface area contributed by atoms with Gasteiger partial charge < -0.3 is 14.7 Å². The van der Waals surface area contributed by atoms with Gasteiger partial charge in [0, 0.05) is 26.2 Å². The van der Waals surface area contributed by atoms with Crippen molar-refractivity contribution in [3.05, 3.63) is 29.8 Å². The fraction of sp³-hybridized carbons (Fsp3) is 0.529. The molecule has 8 nitrogen and oxygen atoms in total. The first kappa shape index (κ1) is 18.8. The molecule has 142 valence electrons. The molecule has 1 unspecified atom stereocenters. The summed E-state index contributed by atoms with van der Waals surface area (Å²) in [5.41, 5.74) is 0.0880. The van der Waals surface area contributed by atoms with Crippen LogP contribution in [-0.2, 0) is 19.6 Å². The fourth-order valence-corrected chi connectivity index (χ4v) is 4.92. The van der Waals surface area contributed by atoms with Crippen molar-refractivity contribution >= 4 is 21.9 Å². The van der Waals surface area contributed by atoms with Crippen molar-refractivity contribution in [2.45, 2.75) is 17.7 Å². The normalized spacial score (nSPS) is 22.2. The number of aliphatic carboxylic acids is 1. The summed E-state index contributed by atoms with van der Waals surface area (Å²) in [6.45, 7) is 1.66. The number of ether oxygens (including phenoxy) is 1. The zero-order chi connectivity index (χ0) is 18.7. The van der Waals surface area contributed by atoms with E-state index in [4.69, 9.17) is 4.74 Å². The van der Waals surface area contributed by atoms with Gasteiger partial charge in [-0.15, -0.1) is 0 Å². The van der Waals surface area contributed by atoms with Gasteiger partial charge in [0.25, 0.3) is 5.91 Å². The predicted molar refractivity (Wildman–Crippen MR) is 92.3 cm³/mol. The van der Waals surface area contributed by atoms with E-state index >= 15 is 0 Å². The topological polar surface area (TPSA) is 104 Å². The number of carbonyl (C=O) groups is 2. The van der Waals surface area contributed by atoms with Crippen molar-refractivity contribution in [1.29, 1.82) is 0 Å². The first-order valence-electron chi connectivity index (χ1n) is 8.60. The van der Waals surface area contributed by atoms with Gasteiger partial charge in [0.05, 0.1) is 29.6 Å². The van der Waals surface area contributed by atoms with Crippen LogP contribution < -0.4 is 0 Å². The average Bonchev–Trinajstić information content (AvgIpc) is 2.68. The van der Waals surface area contributed by atoms with E-state index in [2.05, 4.69) is 0 Å². The Morgan fingerprint density at radius 3 is 2.50 bits per heavy atom. The number of hydrogen-bond acceptors (Lipinski definition) is 5. The smallest absolute Gasteiger partial charge is 0.308 e. The van der Waals surface area contributed by atoms with E-state index in [9.17, 15) is 23.1 Å². The number of piperidine rings is 1. The van der Waals surface area contributed by atoms with Gasteiger partial charge in [-0.05, 0) is 25.0 Å². The van der Waals surface area contributed by atoms with Gasteiger partial charge in [-0.1, -0.05) is 12.1 Å². The highest BCUT2D eigenvalue weighted by molar-refractivity contribution is 7.89. The van der Waals surface area contributed by atoms with Crippen LogP contribution in [-0.4, -0.2) is 74.0 Å². The van der Waals surface area contributed by atoms with Crippen molar-refractivity contribution < 1.29 is 27.9 Å². The molecule has 0 aromatic heterocycles. The van der Waals surface area contributed by atoms with E-state index in [1.165, 1.54) is 21.3 Å². The van der Waals surface area contributed by atoms with E-state index in [1.807, 2.05) is 0 Å². The van der Waals surface area contributed by atoms with E-state index in [1.54, 1.807) is 12.1 Å². The van der Waals surface area contributed by atoms with Crippen LogP contribution >= 0.6 is 0 Å². The third-order valence-corrected chi connectivity index (χ3v) is 6.72. The van der Waals surface area contributed by atoms with Crippen LogP contribution in [0.25, 0.3) is 0 Å². The van der Waals surface area contributed by atoms with E-state index < -0.39 is 27.8 Å². The first-order chi connectivity index (χ1) is 12.4. The van der Waals surface area contributed by atoms with E-state index in [0.717, 1.165) is 0 Å². The number of nitrogens with zero attached hydrogens (tertiary/aromatic N) is 2. The van der Waals surface area contributed by atoms with E-state index in [0.29, 0.717) is 32.6 Å². The molecule has 2 heterocycles. The predicted octanol–water partition coefficient (Wildman–Crippen LogP) is 0.644. The lowest BCUT2D eigenvalue weighted by Gasteiger charge is -2.32. The molecule has 1 atom stereocenters. The van der Waals surface area contributed by atoms with E-state index in [-0.39, 0.29) is 30.1 Å². The Labute approximate surface area is 152 Å². The van der Waals surface area contributed by atoms with Crippen molar-refractivity contribution in [1.82, 2.24) is 9.21 Å². The van der Waals surface area contributed by atoms with Crippen LogP contribution in [0.15, 0.2) is 29.2 Å². The Kier molecular flexibility index (Phi) is 5.59. The minimum absolute atomic E-state index is 0.0376. The summed E-state index contributed by atoms with van der Waals surface area (Å²) >= 11 is 0. The van der Waals surface area contributed by atoms with Crippen LogP contribution in [0.2, 0.25) is 0 Å². The summed E-state index contributed by atoms with van der Waals surface area (Å²) in [6, 6.07) is 6.11. The molecule has 2 saturated heterocycles. The molecule has 26 heavy (non-hydrogen) atoms. The average molecular weight is 382 g/mol. The quantitative estimate of drug-likeness (QED) is 0.820. The molecule has 1 aromatic carbocycles. The Bertz CT molecular complexity index is 788. The molecule has 9 heteroatoms. The molecule has 0 spiro atoms. The molecule has 1 aromatic rings. The van der Waals surface area contributed by atoms with Gasteiger partial charge in [0.1, 0.15) is 0 Å². The van der Waals surface area contributed by atoms with Crippen molar-refractivity contribution in [3.63, 3.8) is 0 Å². The number of sulfonamides is 1. The lowest BCUT2D eigenvalue weighted by Crippen LogP contribution is -2.44. The molecule has 0 bridgehead atoms. The van der Waals surface area contributed by atoms with Crippen LogP contribution in [0.5, 0.6) is 0 Å². The summed E-state index contributed by atoms with van der Waals surface area (Å²) in [4.78, 5) is 25.6. The number of morpholine rings is 1. The lowest BCUT2D eigenvalue weighted by atomic mass is 9.97. The number of benzene rings is 1. The highest BCUT2D eigenvalue weighted by atomic mass is 32.2. The summed E-state index contributed by atoms with van der Waals surface area (Å²) in [5, 5.41) is 9.21. The van der Waals surface area contributed by atoms with Gasteiger partial charge >= 0.3 is 5.97 Å². The molecule has 0 radical (unpaired) electrons. The second-order valence-corrected chi connectivity index (χ2v) is 8.35. The zero-order valence-electron chi connectivity index (χ0n) is 14.3. The SMILES string of the molecule is O=C(O)C1CCCN(C(=O)c2ccccc2S(=O)(=O)N2CCOCC2)C1. The Morgan fingerprint density at radius 2 is 1.81 bits per heavy atom. The maximum atomic E-state index is 13.0. The molecule has 1 amide bonds. The van der Waals surface area contributed by atoms with Crippen molar-refractivity contribution in [2.24, 2.45) is 5.92 Å².